The quantitative estimate of drug-likeness (QED) is 0.827. The van der Waals surface area contributed by atoms with Crippen LogP contribution in [0.4, 0.5) is 23.7 Å². The summed E-state index contributed by atoms with van der Waals surface area (Å²) in [5.74, 6) is -3.75. The summed E-state index contributed by atoms with van der Waals surface area (Å²) >= 11 is 0. The van der Waals surface area contributed by atoms with Gasteiger partial charge in [-0.05, 0) is 26.0 Å². The number of nitrogens with zero attached hydrogens (tertiary/aromatic N) is 3. The van der Waals surface area contributed by atoms with Crippen LogP contribution in [0.5, 0.6) is 0 Å². The Morgan fingerprint density at radius 2 is 1.76 bits per heavy atom. The number of hydrogen-bond donors (Lipinski definition) is 2. The first-order valence-corrected chi connectivity index (χ1v) is 6.87. The lowest BCUT2D eigenvalue weighted by Gasteiger charge is -2.17. The number of alkyl halides is 3. The molecule has 0 saturated carbocycles. The van der Waals surface area contributed by atoms with Crippen LogP contribution in [-0.4, -0.2) is 63.9 Å². The van der Waals surface area contributed by atoms with Crippen molar-refractivity contribution < 1.29 is 37.8 Å². The summed E-state index contributed by atoms with van der Waals surface area (Å²) in [5, 5.41) is 16.2. The fourth-order valence-electron chi connectivity index (χ4n) is 2.11. The number of anilines is 1. The van der Waals surface area contributed by atoms with E-state index in [1.54, 1.807) is 6.07 Å². The number of amides is 2. The van der Waals surface area contributed by atoms with Gasteiger partial charge in [-0.25, -0.2) is 14.4 Å². The Morgan fingerprint density at radius 1 is 1.24 bits per heavy atom. The molecule has 1 saturated heterocycles. The highest BCUT2D eigenvalue weighted by atomic mass is 19.4. The molecule has 138 valence electrons. The lowest BCUT2D eigenvalue weighted by atomic mass is 10.2. The molecule has 8 nitrogen and oxygen atoms in total. The molecule has 0 radical (unpaired) electrons. The first-order valence-electron chi connectivity index (χ1n) is 6.87. The summed E-state index contributed by atoms with van der Waals surface area (Å²) in [6, 6.07) is 2.49. The van der Waals surface area contributed by atoms with E-state index < -0.39 is 24.2 Å². The number of carboxylic acid groups (broad SMARTS) is 2. The minimum absolute atomic E-state index is 0.149. The Bertz CT molecular complexity index is 693. The molecule has 1 atom stereocenters. The zero-order valence-electron chi connectivity index (χ0n) is 13.5. The molecular weight excluding hydrogens is 347 g/mol. The normalized spacial score (nSPS) is 17.2. The molecular formula is C14H16F3N3O5. The van der Waals surface area contributed by atoms with Gasteiger partial charge in [0.05, 0.1) is 17.9 Å². The van der Waals surface area contributed by atoms with Gasteiger partial charge in [-0.15, -0.1) is 0 Å². The molecule has 1 aliphatic heterocycles. The van der Waals surface area contributed by atoms with E-state index >= 15 is 0 Å². The van der Waals surface area contributed by atoms with Crippen LogP contribution in [0.1, 0.15) is 11.4 Å². The highest BCUT2D eigenvalue weighted by Crippen LogP contribution is 2.25. The van der Waals surface area contributed by atoms with Gasteiger partial charge in [0, 0.05) is 12.7 Å². The number of aliphatic carboxylic acids is 2. The van der Waals surface area contributed by atoms with E-state index in [0.29, 0.717) is 5.69 Å². The van der Waals surface area contributed by atoms with Gasteiger partial charge in [-0.3, -0.25) is 9.88 Å². The van der Waals surface area contributed by atoms with Crippen molar-refractivity contribution in [3.8, 4) is 0 Å². The van der Waals surface area contributed by atoms with E-state index in [2.05, 4.69) is 4.98 Å². The Hall–Kier alpha value is -2.85. The summed E-state index contributed by atoms with van der Waals surface area (Å²) < 4.78 is 31.7. The number of pyridine rings is 1. The molecule has 2 amide bonds. The van der Waals surface area contributed by atoms with E-state index in [9.17, 15) is 22.8 Å². The molecule has 2 rings (SSSR count). The van der Waals surface area contributed by atoms with Gasteiger partial charge >= 0.3 is 24.1 Å². The number of halogens is 3. The van der Waals surface area contributed by atoms with Crippen molar-refractivity contribution in [3.05, 3.63) is 23.5 Å². The number of urea groups is 1. The average molecular weight is 363 g/mol. The number of hydrogen-bond acceptors (Lipinski definition) is 4. The van der Waals surface area contributed by atoms with E-state index in [1.807, 2.05) is 19.9 Å². The monoisotopic (exact) mass is 363 g/mol. The van der Waals surface area contributed by atoms with Crippen LogP contribution in [0.15, 0.2) is 12.1 Å². The second-order valence-corrected chi connectivity index (χ2v) is 5.22. The highest BCUT2D eigenvalue weighted by Gasteiger charge is 2.40. The maximum absolute atomic E-state index is 12.0. The molecule has 0 spiro atoms. The van der Waals surface area contributed by atoms with Gasteiger partial charge in [0.1, 0.15) is 6.04 Å². The number of carbonyl (C=O) groups is 3. The van der Waals surface area contributed by atoms with Crippen LogP contribution in [0.2, 0.25) is 0 Å². The van der Waals surface area contributed by atoms with Crippen LogP contribution < -0.4 is 4.90 Å². The molecule has 1 aromatic rings. The topological polar surface area (TPSA) is 111 Å². The Morgan fingerprint density at radius 3 is 2.12 bits per heavy atom. The minimum Gasteiger partial charge on any atom is -0.480 e. The van der Waals surface area contributed by atoms with Gasteiger partial charge in [0.2, 0.25) is 0 Å². The van der Waals surface area contributed by atoms with Crippen molar-refractivity contribution in [1.82, 2.24) is 9.88 Å². The zero-order chi connectivity index (χ0) is 19.5. The number of likely N-dealkylation sites (N-methyl/N-ethyl adjacent to an activating group) is 1. The van der Waals surface area contributed by atoms with E-state index in [4.69, 9.17) is 15.0 Å². The number of rotatable bonds is 2. The predicted octanol–water partition coefficient (Wildman–Crippen LogP) is 1.66. The molecule has 1 unspecified atom stereocenters. The molecule has 11 heteroatoms. The summed E-state index contributed by atoms with van der Waals surface area (Å²) in [6.07, 6.45) is -5.08. The van der Waals surface area contributed by atoms with Crippen LogP contribution in [0.25, 0.3) is 0 Å². The Kier molecular flexibility index (Phi) is 5.95. The minimum atomic E-state index is -5.08. The molecule has 0 aromatic carbocycles. The molecule has 1 aromatic heterocycles. The first-order chi connectivity index (χ1) is 11.4. The molecule has 2 N–H and O–H groups in total. The van der Waals surface area contributed by atoms with Crippen molar-refractivity contribution in [2.45, 2.75) is 26.1 Å². The third kappa shape index (κ3) is 4.81. The summed E-state index contributed by atoms with van der Waals surface area (Å²) in [4.78, 5) is 38.9. The molecule has 0 bridgehead atoms. The Balaban J connectivity index is 0.000000381. The summed E-state index contributed by atoms with van der Waals surface area (Å²) in [7, 11) is 1.50. The third-order valence-electron chi connectivity index (χ3n) is 3.37. The van der Waals surface area contributed by atoms with E-state index in [-0.39, 0.29) is 12.6 Å². The van der Waals surface area contributed by atoms with Crippen LogP contribution in [0.3, 0.4) is 0 Å². The van der Waals surface area contributed by atoms with Crippen molar-refractivity contribution in [2.24, 2.45) is 0 Å². The molecule has 1 fully saturated rings. The van der Waals surface area contributed by atoms with Crippen LogP contribution >= 0.6 is 0 Å². The van der Waals surface area contributed by atoms with Gasteiger partial charge < -0.3 is 15.1 Å². The Labute approximate surface area is 140 Å². The SMILES string of the molecule is Cc1ccc(N2CC(C(=O)O)N(C)C2=O)c(C)n1.O=C(O)C(F)(F)F. The third-order valence-corrected chi connectivity index (χ3v) is 3.37. The molecule has 25 heavy (non-hydrogen) atoms. The van der Waals surface area contributed by atoms with Crippen molar-refractivity contribution in [2.75, 3.05) is 18.5 Å². The van der Waals surface area contributed by atoms with Crippen molar-refractivity contribution in [3.63, 3.8) is 0 Å². The number of carbonyl (C=O) groups excluding carboxylic acids is 1. The van der Waals surface area contributed by atoms with Crippen molar-refractivity contribution in [1.29, 1.82) is 0 Å². The fraction of sp³-hybridized carbons (Fsp3) is 0.429. The van der Waals surface area contributed by atoms with Gasteiger partial charge in [-0.2, -0.15) is 13.2 Å². The van der Waals surface area contributed by atoms with Crippen LogP contribution in [0, 0.1) is 13.8 Å². The molecule has 1 aliphatic rings. The lowest BCUT2D eigenvalue weighted by molar-refractivity contribution is -0.192. The number of carboxylic acids is 2. The standard InChI is InChI=1S/C12H15N3O3.C2HF3O2/c1-7-4-5-9(8(2)13-7)15-6-10(11(16)17)14(3)12(15)18;3-2(4,5)1(6)7/h4-5,10H,6H2,1-3H3,(H,16,17);(H,6,7). The van der Waals surface area contributed by atoms with E-state index in [0.717, 1.165) is 11.4 Å². The second-order valence-electron chi connectivity index (χ2n) is 5.22. The van der Waals surface area contributed by atoms with Gasteiger partial charge in [0.15, 0.2) is 0 Å². The predicted molar refractivity (Wildman–Crippen MR) is 79.3 cm³/mol. The highest BCUT2D eigenvalue weighted by molar-refractivity contribution is 5.99. The number of aryl methyl sites for hydroxylation is 2. The summed E-state index contributed by atoms with van der Waals surface area (Å²) in [5.41, 5.74) is 2.26. The fourth-order valence-corrected chi connectivity index (χ4v) is 2.11. The van der Waals surface area contributed by atoms with Crippen molar-refractivity contribution >= 4 is 23.7 Å². The second kappa shape index (κ2) is 7.36. The summed E-state index contributed by atoms with van der Waals surface area (Å²) in [6.45, 7) is 3.83. The molecule has 0 aliphatic carbocycles. The van der Waals surface area contributed by atoms with Crippen LogP contribution in [-0.2, 0) is 9.59 Å². The van der Waals surface area contributed by atoms with E-state index in [1.165, 1.54) is 16.8 Å². The number of aromatic nitrogens is 1. The molecule has 2 heterocycles. The zero-order valence-corrected chi connectivity index (χ0v) is 13.5. The smallest absolute Gasteiger partial charge is 0.480 e. The maximum atomic E-state index is 12.0. The maximum Gasteiger partial charge on any atom is 0.490 e. The van der Waals surface area contributed by atoms with Gasteiger partial charge in [-0.1, -0.05) is 0 Å². The first kappa shape index (κ1) is 20.2. The van der Waals surface area contributed by atoms with Gasteiger partial charge in [0.25, 0.3) is 0 Å². The average Bonchev–Trinajstić information content (AvgIpc) is 2.75. The largest absolute Gasteiger partial charge is 0.490 e. The lowest BCUT2D eigenvalue weighted by Crippen LogP contribution is -2.36.